The molecule has 26 heavy (non-hydrogen) atoms. The largest absolute Gasteiger partial charge is 0.444 e. The summed E-state index contributed by atoms with van der Waals surface area (Å²) in [6, 6.07) is 16.5. The molecule has 0 unspecified atom stereocenters. The van der Waals surface area contributed by atoms with Gasteiger partial charge in [0.25, 0.3) is 0 Å². The lowest BCUT2D eigenvalue weighted by atomic mass is 9.97. The second-order valence-corrected chi connectivity index (χ2v) is 7.38. The number of carbonyl (C=O) groups excluding carboxylic acids is 1. The number of aryl methyl sites for hydroxylation is 1. The van der Waals surface area contributed by atoms with Gasteiger partial charge in [-0.15, -0.1) is 0 Å². The predicted octanol–water partition coefficient (Wildman–Crippen LogP) is 5.23. The highest BCUT2D eigenvalue weighted by molar-refractivity contribution is 5.95. The molecule has 0 aliphatic heterocycles. The predicted molar refractivity (Wildman–Crippen MR) is 105 cm³/mol. The Balaban J connectivity index is 1.85. The number of benzene rings is 2. The minimum Gasteiger partial charge on any atom is -0.444 e. The fraction of sp³-hybridized carbons (Fsp3) is 0.273. The van der Waals surface area contributed by atoms with E-state index in [1.807, 2.05) is 57.3 Å². The molecule has 0 aliphatic carbocycles. The first-order chi connectivity index (χ1) is 12.3. The third kappa shape index (κ3) is 4.20. The van der Waals surface area contributed by atoms with E-state index in [0.717, 1.165) is 16.5 Å². The number of aromatic nitrogens is 1. The van der Waals surface area contributed by atoms with Gasteiger partial charge in [0.1, 0.15) is 5.60 Å². The number of nitrogens with one attached hydrogen (secondary N) is 1. The van der Waals surface area contributed by atoms with Crippen molar-refractivity contribution in [3.8, 4) is 11.1 Å². The van der Waals surface area contributed by atoms with Gasteiger partial charge in [0.2, 0.25) is 0 Å². The van der Waals surface area contributed by atoms with Gasteiger partial charge < -0.3 is 10.1 Å². The highest BCUT2D eigenvalue weighted by Gasteiger charge is 2.15. The summed E-state index contributed by atoms with van der Waals surface area (Å²) in [6.07, 6.45) is 1.41. The second-order valence-electron chi connectivity index (χ2n) is 7.38. The molecule has 1 amide bonds. The molecule has 0 aliphatic rings. The number of fused-ring (bicyclic) bond motifs is 1. The van der Waals surface area contributed by atoms with Crippen molar-refractivity contribution < 1.29 is 9.53 Å². The van der Waals surface area contributed by atoms with E-state index in [1.165, 1.54) is 16.7 Å². The zero-order valence-corrected chi connectivity index (χ0v) is 15.7. The Morgan fingerprint density at radius 1 is 1.08 bits per heavy atom. The maximum absolute atomic E-state index is 11.8. The monoisotopic (exact) mass is 348 g/mol. The van der Waals surface area contributed by atoms with Gasteiger partial charge in [0, 0.05) is 18.1 Å². The quantitative estimate of drug-likeness (QED) is 0.704. The molecule has 0 fully saturated rings. The number of carbonyl (C=O) groups is 1. The summed E-state index contributed by atoms with van der Waals surface area (Å²) in [5, 5.41) is 3.89. The van der Waals surface area contributed by atoms with Crippen molar-refractivity contribution in [2.75, 3.05) is 0 Å². The Hall–Kier alpha value is -2.88. The van der Waals surface area contributed by atoms with Crippen LogP contribution in [0.1, 0.15) is 31.9 Å². The average molecular weight is 348 g/mol. The number of nitrogens with zero attached hydrogens (tertiary/aromatic N) is 1. The molecule has 0 bridgehead atoms. The number of amides is 1. The third-order valence-electron chi connectivity index (χ3n) is 4.08. The van der Waals surface area contributed by atoms with Gasteiger partial charge in [-0.3, -0.25) is 4.98 Å². The van der Waals surface area contributed by atoms with E-state index in [9.17, 15) is 4.79 Å². The lowest BCUT2D eigenvalue weighted by Gasteiger charge is -2.19. The van der Waals surface area contributed by atoms with Crippen LogP contribution in [0.5, 0.6) is 0 Å². The summed E-state index contributed by atoms with van der Waals surface area (Å²) in [7, 11) is 0. The van der Waals surface area contributed by atoms with Crippen molar-refractivity contribution in [3.05, 3.63) is 65.9 Å². The molecule has 0 radical (unpaired) electrons. The zero-order valence-electron chi connectivity index (χ0n) is 15.7. The van der Waals surface area contributed by atoms with Crippen molar-refractivity contribution >= 4 is 17.0 Å². The number of hydrogen-bond donors (Lipinski definition) is 1. The minimum absolute atomic E-state index is 0.404. The molecule has 4 nitrogen and oxygen atoms in total. The molecule has 0 saturated carbocycles. The minimum atomic E-state index is -0.503. The van der Waals surface area contributed by atoms with E-state index in [0.29, 0.717) is 6.54 Å². The van der Waals surface area contributed by atoms with Gasteiger partial charge in [-0.05, 0) is 62.1 Å². The van der Waals surface area contributed by atoms with Crippen LogP contribution in [0.2, 0.25) is 0 Å². The van der Waals surface area contributed by atoms with Crippen LogP contribution in [-0.4, -0.2) is 16.7 Å². The molecule has 1 aromatic heterocycles. The summed E-state index contributed by atoms with van der Waals surface area (Å²) in [4.78, 5) is 16.3. The van der Waals surface area contributed by atoms with Gasteiger partial charge in [0.05, 0.1) is 5.52 Å². The molecule has 0 spiro atoms. The van der Waals surface area contributed by atoms with Crippen LogP contribution in [-0.2, 0) is 11.3 Å². The molecule has 2 aromatic carbocycles. The molecule has 134 valence electrons. The Labute approximate surface area is 154 Å². The molecular formula is C22H24N2O2. The van der Waals surface area contributed by atoms with E-state index >= 15 is 0 Å². The number of pyridine rings is 1. The second kappa shape index (κ2) is 7.16. The number of hydrogen-bond acceptors (Lipinski definition) is 3. The van der Waals surface area contributed by atoms with Crippen molar-refractivity contribution in [1.82, 2.24) is 10.3 Å². The first-order valence-corrected chi connectivity index (χ1v) is 8.74. The Bertz CT molecular complexity index is 942. The maximum Gasteiger partial charge on any atom is 0.407 e. The first kappa shape index (κ1) is 17.9. The van der Waals surface area contributed by atoms with Gasteiger partial charge >= 0.3 is 6.09 Å². The van der Waals surface area contributed by atoms with E-state index in [2.05, 4.69) is 35.4 Å². The summed E-state index contributed by atoms with van der Waals surface area (Å²) in [5.41, 5.74) is 5.00. The van der Waals surface area contributed by atoms with Gasteiger partial charge in [-0.1, -0.05) is 36.4 Å². The van der Waals surface area contributed by atoms with Crippen LogP contribution >= 0.6 is 0 Å². The summed E-state index contributed by atoms with van der Waals surface area (Å²) in [5.74, 6) is 0. The van der Waals surface area contributed by atoms with Crippen LogP contribution < -0.4 is 5.32 Å². The van der Waals surface area contributed by atoms with Crippen molar-refractivity contribution in [2.24, 2.45) is 0 Å². The normalized spacial score (nSPS) is 11.4. The number of alkyl carbamates (subject to hydrolysis) is 1. The third-order valence-corrected chi connectivity index (χ3v) is 4.08. The van der Waals surface area contributed by atoms with Crippen LogP contribution in [0.15, 0.2) is 54.7 Å². The molecule has 0 saturated heterocycles. The topological polar surface area (TPSA) is 51.2 Å². The number of ether oxygens (including phenoxy) is 1. The average Bonchev–Trinajstić information content (AvgIpc) is 2.58. The van der Waals surface area contributed by atoms with E-state index in [4.69, 9.17) is 4.74 Å². The molecule has 1 heterocycles. The Morgan fingerprint density at radius 3 is 2.58 bits per heavy atom. The van der Waals surface area contributed by atoms with Crippen molar-refractivity contribution in [3.63, 3.8) is 0 Å². The van der Waals surface area contributed by atoms with Crippen molar-refractivity contribution in [1.29, 1.82) is 0 Å². The van der Waals surface area contributed by atoms with Gasteiger partial charge in [-0.25, -0.2) is 4.79 Å². The van der Waals surface area contributed by atoms with E-state index in [1.54, 1.807) is 0 Å². The number of rotatable bonds is 3. The van der Waals surface area contributed by atoms with E-state index < -0.39 is 11.7 Å². The summed E-state index contributed by atoms with van der Waals surface area (Å²) in [6.45, 7) is 8.06. The fourth-order valence-corrected chi connectivity index (χ4v) is 2.90. The standard InChI is InChI=1S/C22H24N2O2/c1-15-7-5-6-8-17(15)18-11-12-23-20-13-16(9-10-19(18)20)14-24-21(25)26-22(2,3)4/h5-13H,14H2,1-4H3,(H,24,25). The molecule has 4 heteroatoms. The first-order valence-electron chi connectivity index (χ1n) is 8.74. The van der Waals surface area contributed by atoms with Gasteiger partial charge in [-0.2, -0.15) is 0 Å². The molecule has 3 aromatic rings. The molecule has 3 rings (SSSR count). The van der Waals surface area contributed by atoms with Crippen LogP contribution in [0, 0.1) is 6.92 Å². The van der Waals surface area contributed by atoms with Gasteiger partial charge in [0.15, 0.2) is 0 Å². The summed E-state index contributed by atoms with van der Waals surface area (Å²) < 4.78 is 5.27. The fourth-order valence-electron chi connectivity index (χ4n) is 2.90. The Kier molecular flexibility index (Phi) is 4.94. The van der Waals surface area contributed by atoms with Crippen LogP contribution in [0.3, 0.4) is 0 Å². The Morgan fingerprint density at radius 2 is 1.85 bits per heavy atom. The van der Waals surface area contributed by atoms with Crippen molar-refractivity contribution in [2.45, 2.75) is 39.8 Å². The molecular weight excluding hydrogens is 324 g/mol. The lowest BCUT2D eigenvalue weighted by molar-refractivity contribution is 0.0523. The highest BCUT2D eigenvalue weighted by Crippen LogP contribution is 2.30. The smallest absolute Gasteiger partial charge is 0.407 e. The molecule has 0 atom stereocenters. The lowest BCUT2D eigenvalue weighted by Crippen LogP contribution is -2.32. The maximum atomic E-state index is 11.8. The van der Waals surface area contributed by atoms with E-state index in [-0.39, 0.29) is 0 Å². The molecule has 1 N–H and O–H groups in total. The van der Waals surface area contributed by atoms with Crippen LogP contribution in [0.4, 0.5) is 4.79 Å². The summed E-state index contributed by atoms with van der Waals surface area (Å²) >= 11 is 0. The van der Waals surface area contributed by atoms with Crippen LogP contribution in [0.25, 0.3) is 22.0 Å². The highest BCUT2D eigenvalue weighted by atomic mass is 16.6. The SMILES string of the molecule is Cc1ccccc1-c1ccnc2cc(CNC(=O)OC(C)(C)C)ccc12. The zero-order chi connectivity index (χ0) is 18.7.